The van der Waals surface area contributed by atoms with Crippen molar-refractivity contribution in [3.05, 3.63) is 17.6 Å². The van der Waals surface area contributed by atoms with Crippen molar-refractivity contribution < 1.29 is 4.79 Å². The van der Waals surface area contributed by atoms with Crippen LogP contribution in [0.1, 0.15) is 37.7 Å². The lowest BCUT2D eigenvalue weighted by atomic mass is 10.1. The molecule has 5 heteroatoms. The summed E-state index contributed by atoms with van der Waals surface area (Å²) < 4.78 is 0. The van der Waals surface area contributed by atoms with E-state index in [4.69, 9.17) is 0 Å². The minimum atomic E-state index is -0.244. The zero-order valence-corrected chi connectivity index (χ0v) is 11.9. The van der Waals surface area contributed by atoms with Crippen LogP contribution in [0, 0.1) is 13.8 Å². The minimum absolute atomic E-state index is 0.161. The Kier molecular flexibility index (Phi) is 4.35. The van der Waals surface area contributed by atoms with Gasteiger partial charge in [-0.3, -0.25) is 4.79 Å². The number of carbonyl (C=O) groups is 1. The van der Waals surface area contributed by atoms with Crippen LogP contribution in [0.5, 0.6) is 0 Å². The molecule has 0 radical (unpaired) electrons. The number of carbonyl (C=O) groups excluding carboxylic acids is 1. The maximum atomic E-state index is 12.3. The van der Waals surface area contributed by atoms with E-state index in [-0.39, 0.29) is 11.9 Å². The van der Waals surface area contributed by atoms with Gasteiger partial charge in [0.25, 0.3) is 0 Å². The topological polar surface area (TPSA) is 58.1 Å². The number of amides is 1. The van der Waals surface area contributed by atoms with Crippen molar-refractivity contribution >= 4 is 11.7 Å². The molecular formula is C14H22N4O. The summed E-state index contributed by atoms with van der Waals surface area (Å²) >= 11 is 0. The first-order valence-corrected chi connectivity index (χ1v) is 6.94. The monoisotopic (exact) mass is 262 g/mol. The van der Waals surface area contributed by atoms with Crippen LogP contribution in [0.2, 0.25) is 0 Å². The summed E-state index contributed by atoms with van der Waals surface area (Å²) in [5, 5.41) is 3.18. The first-order chi connectivity index (χ1) is 9.06. The number of nitrogens with zero attached hydrogens (tertiary/aromatic N) is 3. The number of likely N-dealkylation sites (tertiary alicyclic amines) is 1. The molecule has 0 unspecified atom stereocenters. The molecule has 1 aromatic heterocycles. The van der Waals surface area contributed by atoms with Crippen LogP contribution in [0.15, 0.2) is 6.07 Å². The molecule has 104 valence electrons. The molecular weight excluding hydrogens is 240 g/mol. The Balaban J connectivity index is 1.99. The third-order valence-electron chi connectivity index (χ3n) is 3.37. The highest BCUT2D eigenvalue weighted by molar-refractivity contribution is 5.84. The Morgan fingerprint density at radius 3 is 2.58 bits per heavy atom. The SMILES string of the molecule is Cc1cc(N[C@@H](C)C(=O)N2CCCCC2)nc(C)n1. The molecule has 19 heavy (non-hydrogen) atoms. The molecule has 5 nitrogen and oxygen atoms in total. The summed E-state index contributed by atoms with van der Waals surface area (Å²) in [7, 11) is 0. The maximum Gasteiger partial charge on any atom is 0.244 e. The molecule has 1 aliphatic rings. The molecule has 1 aromatic rings. The normalized spacial score (nSPS) is 17.1. The van der Waals surface area contributed by atoms with Crippen LogP contribution in [-0.2, 0) is 4.79 Å². The molecule has 0 aromatic carbocycles. The highest BCUT2D eigenvalue weighted by Crippen LogP contribution is 2.12. The number of rotatable bonds is 3. The van der Waals surface area contributed by atoms with Gasteiger partial charge in [0.1, 0.15) is 17.7 Å². The molecule has 0 spiro atoms. The molecule has 1 aliphatic heterocycles. The Hall–Kier alpha value is -1.65. The first-order valence-electron chi connectivity index (χ1n) is 6.94. The van der Waals surface area contributed by atoms with Crippen molar-refractivity contribution in [2.45, 2.75) is 46.1 Å². The van der Waals surface area contributed by atoms with Gasteiger partial charge in [-0.1, -0.05) is 0 Å². The van der Waals surface area contributed by atoms with Gasteiger partial charge in [-0.25, -0.2) is 9.97 Å². The molecule has 0 saturated carbocycles. The van der Waals surface area contributed by atoms with E-state index in [9.17, 15) is 4.79 Å². The lowest BCUT2D eigenvalue weighted by molar-refractivity contribution is -0.132. The van der Waals surface area contributed by atoms with Gasteiger partial charge >= 0.3 is 0 Å². The lowest BCUT2D eigenvalue weighted by Gasteiger charge is -2.29. The fourth-order valence-corrected chi connectivity index (χ4v) is 2.46. The molecule has 2 rings (SSSR count). The van der Waals surface area contributed by atoms with Crippen LogP contribution in [0.4, 0.5) is 5.82 Å². The van der Waals surface area contributed by atoms with E-state index in [0.29, 0.717) is 0 Å². The summed E-state index contributed by atoms with van der Waals surface area (Å²) in [5.41, 5.74) is 0.910. The average Bonchev–Trinajstić information content (AvgIpc) is 2.37. The van der Waals surface area contributed by atoms with Crippen molar-refractivity contribution in [2.75, 3.05) is 18.4 Å². The maximum absolute atomic E-state index is 12.3. The second-order valence-corrected chi connectivity index (χ2v) is 5.19. The number of anilines is 1. The predicted molar refractivity (Wildman–Crippen MR) is 75.0 cm³/mol. The van der Waals surface area contributed by atoms with Crippen LogP contribution in [0.3, 0.4) is 0 Å². The zero-order valence-electron chi connectivity index (χ0n) is 11.9. The molecule has 1 saturated heterocycles. The highest BCUT2D eigenvalue weighted by atomic mass is 16.2. The van der Waals surface area contributed by atoms with Gasteiger partial charge in [-0.2, -0.15) is 0 Å². The fourth-order valence-electron chi connectivity index (χ4n) is 2.46. The molecule has 2 heterocycles. The predicted octanol–water partition coefficient (Wildman–Crippen LogP) is 1.91. The van der Waals surface area contributed by atoms with E-state index in [2.05, 4.69) is 15.3 Å². The van der Waals surface area contributed by atoms with E-state index >= 15 is 0 Å². The lowest BCUT2D eigenvalue weighted by Crippen LogP contribution is -2.44. The van der Waals surface area contributed by atoms with Crippen LogP contribution >= 0.6 is 0 Å². The third-order valence-corrected chi connectivity index (χ3v) is 3.37. The molecule has 1 N–H and O–H groups in total. The second-order valence-electron chi connectivity index (χ2n) is 5.19. The standard InChI is InChI=1S/C14H22N4O/c1-10-9-13(17-12(3)15-10)16-11(2)14(19)18-7-5-4-6-8-18/h9,11H,4-8H2,1-3H3,(H,15,16,17)/t11-/m0/s1. The van der Waals surface area contributed by atoms with Gasteiger partial charge in [0, 0.05) is 24.8 Å². The molecule has 1 fully saturated rings. The molecule has 0 bridgehead atoms. The van der Waals surface area contributed by atoms with Crippen molar-refractivity contribution in [3.8, 4) is 0 Å². The van der Waals surface area contributed by atoms with E-state index in [1.165, 1.54) is 6.42 Å². The second kappa shape index (κ2) is 5.99. The van der Waals surface area contributed by atoms with Crippen molar-refractivity contribution in [3.63, 3.8) is 0 Å². The summed E-state index contributed by atoms with van der Waals surface area (Å²) in [4.78, 5) is 22.8. The third kappa shape index (κ3) is 3.66. The van der Waals surface area contributed by atoms with Gasteiger partial charge in [0.15, 0.2) is 0 Å². The van der Waals surface area contributed by atoms with Gasteiger partial charge in [-0.05, 0) is 40.0 Å². The molecule has 1 amide bonds. The Bertz CT molecular complexity index is 435. The summed E-state index contributed by atoms with van der Waals surface area (Å²) in [5.74, 6) is 1.61. The number of hydrogen-bond donors (Lipinski definition) is 1. The molecule has 0 aliphatic carbocycles. The van der Waals surface area contributed by atoms with E-state index in [0.717, 1.165) is 43.3 Å². The summed E-state index contributed by atoms with van der Waals surface area (Å²) in [6.07, 6.45) is 3.46. The highest BCUT2D eigenvalue weighted by Gasteiger charge is 2.22. The molecule has 1 atom stereocenters. The number of aromatic nitrogens is 2. The van der Waals surface area contributed by atoms with Crippen LogP contribution in [-0.4, -0.2) is 39.9 Å². The zero-order chi connectivity index (χ0) is 13.8. The number of hydrogen-bond acceptors (Lipinski definition) is 4. The fraction of sp³-hybridized carbons (Fsp3) is 0.643. The minimum Gasteiger partial charge on any atom is -0.359 e. The van der Waals surface area contributed by atoms with Crippen LogP contribution in [0.25, 0.3) is 0 Å². The number of nitrogens with one attached hydrogen (secondary N) is 1. The largest absolute Gasteiger partial charge is 0.359 e. The van der Waals surface area contributed by atoms with Gasteiger partial charge in [-0.15, -0.1) is 0 Å². The van der Waals surface area contributed by atoms with Gasteiger partial charge in [0.2, 0.25) is 5.91 Å². The Morgan fingerprint density at radius 1 is 1.26 bits per heavy atom. The summed E-state index contributed by atoms with van der Waals surface area (Å²) in [6, 6.07) is 1.62. The van der Waals surface area contributed by atoms with Crippen molar-refractivity contribution in [1.82, 2.24) is 14.9 Å². The summed E-state index contributed by atoms with van der Waals surface area (Å²) in [6.45, 7) is 7.44. The van der Waals surface area contributed by atoms with E-state index < -0.39 is 0 Å². The van der Waals surface area contributed by atoms with Crippen LogP contribution < -0.4 is 5.32 Å². The van der Waals surface area contributed by atoms with E-state index in [1.54, 1.807) is 0 Å². The number of aryl methyl sites for hydroxylation is 2. The van der Waals surface area contributed by atoms with Gasteiger partial charge < -0.3 is 10.2 Å². The Labute approximate surface area is 114 Å². The Morgan fingerprint density at radius 2 is 1.95 bits per heavy atom. The van der Waals surface area contributed by atoms with Crippen molar-refractivity contribution in [1.29, 1.82) is 0 Å². The van der Waals surface area contributed by atoms with Crippen molar-refractivity contribution in [2.24, 2.45) is 0 Å². The van der Waals surface area contributed by atoms with Gasteiger partial charge in [0.05, 0.1) is 0 Å². The quantitative estimate of drug-likeness (QED) is 0.904. The average molecular weight is 262 g/mol. The first kappa shape index (κ1) is 13.8. The number of piperidine rings is 1. The smallest absolute Gasteiger partial charge is 0.244 e. The van der Waals surface area contributed by atoms with E-state index in [1.807, 2.05) is 31.7 Å².